The lowest BCUT2D eigenvalue weighted by Gasteiger charge is -1.89. The molecule has 0 bridgehead atoms. The van der Waals surface area contributed by atoms with Crippen molar-refractivity contribution in [3.63, 3.8) is 0 Å². The minimum absolute atomic E-state index is 0.250. The van der Waals surface area contributed by atoms with Crippen molar-refractivity contribution in [1.29, 1.82) is 0 Å². The van der Waals surface area contributed by atoms with Gasteiger partial charge in [-0.05, 0) is 19.1 Å². The zero-order chi connectivity index (χ0) is 11.4. The molecule has 0 aromatic heterocycles. The molecule has 0 aliphatic rings. The molecule has 1 aromatic carbocycles. The molecule has 0 aliphatic heterocycles. The largest absolute Gasteiger partial charge is 0.397 e. The Morgan fingerprint density at radius 2 is 1.57 bits per heavy atom. The zero-order valence-corrected chi connectivity index (χ0v) is 9.62. The lowest BCUT2D eigenvalue weighted by molar-refractivity contribution is 0.318. The fourth-order valence-corrected chi connectivity index (χ4v) is 0.927. The van der Waals surface area contributed by atoms with Crippen molar-refractivity contribution in [2.75, 3.05) is 6.61 Å². The molecule has 3 nitrogen and oxygen atoms in total. The molecule has 4 heteroatoms. The van der Waals surface area contributed by atoms with E-state index in [2.05, 4.69) is 0 Å². The van der Waals surface area contributed by atoms with Gasteiger partial charge in [0.2, 0.25) is 0 Å². The summed E-state index contributed by atoms with van der Waals surface area (Å²) in [7, 11) is 0. The van der Waals surface area contributed by atoms with E-state index in [4.69, 9.17) is 9.66 Å². The topological polar surface area (TPSA) is 57.5 Å². The molecule has 0 amide bonds. The van der Waals surface area contributed by atoms with Crippen molar-refractivity contribution in [1.82, 2.24) is 0 Å². The summed E-state index contributed by atoms with van der Waals surface area (Å²) < 4.78 is 18.8. The van der Waals surface area contributed by atoms with Crippen LogP contribution in [0.5, 0.6) is 0 Å². The van der Waals surface area contributed by atoms with E-state index in [0.29, 0.717) is 4.90 Å². The van der Waals surface area contributed by atoms with Gasteiger partial charge in [-0.15, -0.1) is 0 Å². The summed E-state index contributed by atoms with van der Waals surface area (Å²) in [5, 5.41) is 7.57. The normalized spacial score (nSPS) is 10.1. The summed E-state index contributed by atoms with van der Waals surface area (Å²) >= 11 is -1.83. The van der Waals surface area contributed by atoms with Gasteiger partial charge in [0.25, 0.3) is 0 Å². The number of benzene rings is 1. The van der Waals surface area contributed by atoms with Gasteiger partial charge in [-0.3, -0.25) is 0 Å². The first-order valence-electron chi connectivity index (χ1n) is 4.49. The predicted octanol–water partition coefficient (Wildman–Crippen LogP) is 2.29. The van der Waals surface area contributed by atoms with E-state index < -0.39 is 11.1 Å². The fraction of sp³-hybridized carbons (Fsp3) is 0.400. The Hall–Kier alpha value is -0.710. The van der Waals surface area contributed by atoms with Crippen LogP contribution in [-0.4, -0.2) is 20.5 Å². The zero-order valence-electron chi connectivity index (χ0n) is 8.80. The SMILES string of the molecule is CC.CCO.O=S(O)c1ccccc1. The van der Waals surface area contributed by atoms with Crippen LogP contribution in [0.3, 0.4) is 0 Å². The summed E-state index contributed by atoms with van der Waals surface area (Å²) in [6.07, 6.45) is 0. The van der Waals surface area contributed by atoms with Crippen LogP contribution >= 0.6 is 0 Å². The molecule has 0 spiro atoms. The second-order valence-electron chi connectivity index (χ2n) is 1.88. The lowest BCUT2D eigenvalue weighted by Crippen LogP contribution is -1.84. The molecule has 0 radical (unpaired) electrons. The van der Waals surface area contributed by atoms with Gasteiger partial charge in [-0.25, -0.2) is 4.21 Å². The smallest absolute Gasteiger partial charge is 0.186 e. The minimum Gasteiger partial charge on any atom is -0.397 e. The Kier molecular flexibility index (Phi) is 13.8. The fourth-order valence-electron chi connectivity index (χ4n) is 0.537. The molecule has 0 saturated heterocycles. The second kappa shape index (κ2) is 12.3. The molecule has 0 heterocycles. The predicted molar refractivity (Wildman–Crippen MR) is 59.6 cm³/mol. The first-order valence-corrected chi connectivity index (χ1v) is 5.59. The third-order valence-electron chi connectivity index (χ3n) is 0.945. The van der Waals surface area contributed by atoms with Gasteiger partial charge >= 0.3 is 0 Å². The van der Waals surface area contributed by atoms with Crippen LogP contribution in [0.4, 0.5) is 0 Å². The van der Waals surface area contributed by atoms with Crippen LogP contribution in [0.25, 0.3) is 0 Å². The molecule has 0 fully saturated rings. The van der Waals surface area contributed by atoms with Crippen molar-refractivity contribution >= 4 is 11.1 Å². The van der Waals surface area contributed by atoms with Gasteiger partial charge in [0.1, 0.15) is 0 Å². The quantitative estimate of drug-likeness (QED) is 0.711. The Bertz CT molecular complexity index is 224. The highest BCUT2D eigenvalue weighted by atomic mass is 32.2. The minimum atomic E-state index is -1.83. The summed E-state index contributed by atoms with van der Waals surface area (Å²) in [4.78, 5) is 0.442. The summed E-state index contributed by atoms with van der Waals surface area (Å²) in [5.74, 6) is 0. The highest BCUT2D eigenvalue weighted by Gasteiger charge is 1.93. The van der Waals surface area contributed by atoms with E-state index in [-0.39, 0.29) is 6.61 Å². The van der Waals surface area contributed by atoms with Crippen LogP contribution in [-0.2, 0) is 11.1 Å². The maximum absolute atomic E-state index is 10.3. The summed E-state index contributed by atoms with van der Waals surface area (Å²) in [5.41, 5.74) is 0. The van der Waals surface area contributed by atoms with Crippen molar-refractivity contribution in [2.45, 2.75) is 25.7 Å². The average molecular weight is 218 g/mol. The van der Waals surface area contributed by atoms with E-state index in [1.54, 1.807) is 37.3 Å². The van der Waals surface area contributed by atoms with Crippen molar-refractivity contribution in [2.24, 2.45) is 0 Å². The molecular formula is C10H18O3S. The van der Waals surface area contributed by atoms with Crippen LogP contribution in [0.2, 0.25) is 0 Å². The molecular weight excluding hydrogens is 200 g/mol. The molecule has 1 rings (SSSR count). The van der Waals surface area contributed by atoms with Crippen LogP contribution < -0.4 is 0 Å². The number of aliphatic hydroxyl groups excluding tert-OH is 1. The van der Waals surface area contributed by atoms with Gasteiger partial charge in [0.05, 0.1) is 4.90 Å². The highest BCUT2D eigenvalue weighted by molar-refractivity contribution is 7.79. The Morgan fingerprint density at radius 3 is 1.79 bits per heavy atom. The maximum Gasteiger partial charge on any atom is 0.186 e. The monoisotopic (exact) mass is 218 g/mol. The van der Waals surface area contributed by atoms with E-state index in [0.717, 1.165) is 0 Å². The third kappa shape index (κ3) is 9.38. The maximum atomic E-state index is 10.3. The van der Waals surface area contributed by atoms with Crippen molar-refractivity contribution in [3.8, 4) is 0 Å². The molecule has 14 heavy (non-hydrogen) atoms. The molecule has 0 aliphatic carbocycles. The standard InChI is InChI=1S/C6H6O2S.C2H6O.C2H6/c7-9(8)6-4-2-1-3-5-6;1-2-3;1-2/h1-5H,(H,7,8);3H,2H2,1H3;1-2H3. The van der Waals surface area contributed by atoms with Gasteiger partial charge in [-0.1, -0.05) is 32.0 Å². The summed E-state index contributed by atoms with van der Waals surface area (Å²) in [6, 6.07) is 8.47. The van der Waals surface area contributed by atoms with Gasteiger partial charge < -0.3 is 9.66 Å². The van der Waals surface area contributed by atoms with E-state index in [1.165, 1.54) is 0 Å². The number of hydrogen-bond donors (Lipinski definition) is 2. The Morgan fingerprint density at radius 1 is 1.21 bits per heavy atom. The number of hydrogen-bond acceptors (Lipinski definition) is 2. The molecule has 1 unspecified atom stereocenters. The molecule has 1 aromatic rings. The van der Waals surface area contributed by atoms with Crippen LogP contribution in [0.1, 0.15) is 20.8 Å². The van der Waals surface area contributed by atoms with Crippen LogP contribution in [0.15, 0.2) is 35.2 Å². The average Bonchev–Trinajstić information content (AvgIpc) is 2.23. The molecule has 0 saturated carbocycles. The Balaban J connectivity index is 0. The molecule has 82 valence electrons. The number of rotatable bonds is 1. The first-order chi connectivity index (χ1) is 6.72. The number of aliphatic hydroxyl groups is 1. The van der Waals surface area contributed by atoms with Gasteiger partial charge in [0.15, 0.2) is 11.1 Å². The van der Waals surface area contributed by atoms with E-state index in [9.17, 15) is 4.21 Å². The first kappa shape index (κ1) is 15.7. The Labute approximate surface area is 88.1 Å². The van der Waals surface area contributed by atoms with Crippen molar-refractivity contribution < 1.29 is 13.9 Å². The summed E-state index contributed by atoms with van der Waals surface area (Å²) in [6.45, 7) is 5.93. The highest BCUT2D eigenvalue weighted by Crippen LogP contribution is 2.00. The molecule has 2 N–H and O–H groups in total. The second-order valence-corrected chi connectivity index (χ2v) is 2.85. The molecule has 1 atom stereocenters. The van der Waals surface area contributed by atoms with E-state index >= 15 is 0 Å². The lowest BCUT2D eigenvalue weighted by atomic mass is 10.4. The third-order valence-corrected chi connectivity index (χ3v) is 1.62. The van der Waals surface area contributed by atoms with Gasteiger partial charge in [-0.2, -0.15) is 0 Å². The van der Waals surface area contributed by atoms with Crippen molar-refractivity contribution in [3.05, 3.63) is 30.3 Å². The van der Waals surface area contributed by atoms with Gasteiger partial charge in [0, 0.05) is 6.61 Å². The van der Waals surface area contributed by atoms with E-state index in [1.807, 2.05) is 13.8 Å². The van der Waals surface area contributed by atoms with Crippen LogP contribution in [0, 0.1) is 0 Å².